The van der Waals surface area contributed by atoms with Gasteiger partial charge in [0, 0.05) is 19.1 Å². The molecule has 24 nitrogen and oxygen atoms in total. The molecular formula is C34H57N11O13. The monoisotopic (exact) mass is 827 g/mol. The van der Waals surface area contributed by atoms with Gasteiger partial charge in [-0.25, -0.2) is 4.99 Å². The molecule has 0 aliphatic carbocycles. The Kier molecular flexibility index (Phi) is 22.3. The van der Waals surface area contributed by atoms with Gasteiger partial charge in [0.15, 0.2) is 0 Å². The minimum atomic E-state index is -1.74. The third-order valence-electron chi connectivity index (χ3n) is 8.98. The Morgan fingerprint density at radius 2 is 1.26 bits per heavy atom. The molecule has 0 saturated carbocycles. The maximum absolute atomic E-state index is 13.8. The van der Waals surface area contributed by atoms with Crippen molar-refractivity contribution in [2.45, 2.75) is 127 Å². The van der Waals surface area contributed by atoms with E-state index >= 15 is 0 Å². The molecule has 0 spiro atoms. The molecule has 58 heavy (non-hydrogen) atoms. The second kappa shape index (κ2) is 25.6. The van der Waals surface area contributed by atoms with Gasteiger partial charge in [0.25, 0.3) is 0 Å². The maximum Gasteiger partial charge on any atom is 0.305 e. The lowest BCUT2D eigenvalue weighted by Crippen LogP contribution is -2.61. The van der Waals surface area contributed by atoms with Crippen LogP contribution < -0.4 is 49.1 Å². The highest BCUT2D eigenvalue weighted by molar-refractivity contribution is 5.98. The molecule has 0 radical (unpaired) electrons. The van der Waals surface area contributed by atoms with Gasteiger partial charge in [0.2, 0.25) is 41.4 Å². The molecular weight excluding hydrogens is 770 g/mol. The van der Waals surface area contributed by atoms with E-state index in [2.05, 4.69) is 41.9 Å². The first kappa shape index (κ1) is 50.4. The van der Waals surface area contributed by atoms with Crippen LogP contribution in [0.25, 0.3) is 0 Å². The van der Waals surface area contributed by atoms with Crippen LogP contribution in [0.5, 0.6) is 0 Å². The van der Waals surface area contributed by atoms with E-state index in [4.69, 9.17) is 22.3 Å². The van der Waals surface area contributed by atoms with Gasteiger partial charge in [0.05, 0.1) is 31.2 Å². The Morgan fingerprint density at radius 3 is 1.76 bits per heavy atom. The number of nitrogens with two attached hydrogens (primary N) is 3. The standard InChI is InChI=1S/C34H57N11O13/c1-4-16(2)26(28(37)52)44-31(55)21(8-9-24(48)49)41-33(57)23(14-46)43-30(54)20(7-5-6-10-35)40-32(56)22(11-18-13-38-15-39-18)42-34(58)27(17(3)47)45-29(53)19(36)12-25(50)51/h13,15-23,26-27,46-47H,4-12,14,35-36H2,1-3H3,(H2,37,52)(H,40,56)(H,41,57)(H,42,58)(H,43,54)(H,44,55)(H,45,53)(H,48,49)(H,50,51). The molecule has 10 atom stereocenters. The minimum absolute atomic E-state index is 0.0696. The number of rotatable bonds is 28. The molecule has 10 unspecified atom stereocenters. The quantitative estimate of drug-likeness (QED) is 0.0327. The molecule has 1 heterocycles. The Bertz CT molecular complexity index is 1510. The third-order valence-corrected chi connectivity index (χ3v) is 8.98. The van der Waals surface area contributed by atoms with Gasteiger partial charge in [-0.2, -0.15) is 0 Å². The van der Waals surface area contributed by atoms with E-state index in [0.29, 0.717) is 12.8 Å². The Morgan fingerprint density at radius 1 is 0.724 bits per heavy atom. The molecule has 7 amide bonds. The van der Waals surface area contributed by atoms with E-state index in [-0.39, 0.29) is 25.8 Å². The van der Waals surface area contributed by atoms with Crippen molar-refractivity contribution >= 4 is 65.8 Å². The lowest BCUT2D eigenvalue weighted by Gasteiger charge is -2.28. The van der Waals surface area contributed by atoms with E-state index < -0.39 is 140 Å². The fraction of sp³-hybridized carbons (Fsp3) is 0.676. The van der Waals surface area contributed by atoms with E-state index in [1.165, 1.54) is 12.6 Å². The molecule has 1 aliphatic heterocycles. The highest BCUT2D eigenvalue weighted by Gasteiger charge is 2.36. The molecule has 326 valence electrons. The fourth-order valence-corrected chi connectivity index (χ4v) is 5.40. The van der Waals surface area contributed by atoms with Gasteiger partial charge >= 0.3 is 11.9 Å². The molecule has 1 aliphatic rings. The van der Waals surface area contributed by atoms with Gasteiger partial charge in [-0.05, 0) is 45.1 Å². The van der Waals surface area contributed by atoms with Crippen molar-refractivity contribution in [1.82, 2.24) is 31.9 Å². The van der Waals surface area contributed by atoms with Crippen LogP contribution in [0.15, 0.2) is 9.98 Å². The summed E-state index contributed by atoms with van der Waals surface area (Å²) in [5.74, 6) is -10.2. The number of nitrogens with one attached hydrogen (secondary N) is 6. The molecule has 0 bridgehead atoms. The summed E-state index contributed by atoms with van der Waals surface area (Å²) in [6.07, 6.45) is -0.0324. The molecule has 0 aromatic heterocycles. The molecule has 16 N–H and O–H groups in total. The number of carbonyl (C=O) groups is 9. The van der Waals surface area contributed by atoms with Crippen LogP contribution in [-0.4, -0.2) is 154 Å². The molecule has 24 heteroatoms. The van der Waals surface area contributed by atoms with Crippen molar-refractivity contribution in [3.63, 3.8) is 0 Å². The number of nitrogens with zero attached hydrogens (tertiary/aromatic N) is 2. The maximum atomic E-state index is 13.8. The van der Waals surface area contributed by atoms with Crippen molar-refractivity contribution < 1.29 is 63.6 Å². The first-order chi connectivity index (χ1) is 27.2. The second-order valence-corrected chi connectivity index (χ2v) is 13.7. The third kappa shape index (κ3) is 17.7. The smallest absolute Gasteiger partial charge is 0.305 e. The number of aliphatic hydroxyl groups excluding tert-OH is 2. The normalized spacial score (nSPS) is 17.8. The van der Waals surface area contributed by atoms with Crippen LogP contribution in [0.2, 0.25) is 0 Å². The number of aliphatic imine (C=N–C) groups is 2. The zero-order chi connectivity index (χ0) is 44.1. The summed E-state index contributed by atoms with van der Waals surface area (Å²) in [7, 11) is 0. The number of aliphatic carboxylic acids is 2. The number of primary amides is 1. The molecule has 0 aromatic rings. The first-order valence-electron chi connectivity index (χ1n) is 18.6. The number of carbonyl (C=O) groups excluding carboxylic acids is 7. The van der Waals surface area contributed by atoms with Crippen LogP contribution in [-0.2, 0) is 43.2 Å². The van der Waals surface area contributed by atoms with Crippen LogP contribution in [0.4, 0.5) is 0 Å². The van der Waals surface area contributed by atoms with Crippen LogP contribution in [0.3, 0.4) is 0 Å². The zero-order valence-corrected chi connectivity index (χ0v) is 32.6. The van der Waals surface area contributed by atoms with Gasteiger partial charge < -0.3 is 69.5 Å². The van der Waals surface area contributed by atoms with Gasteiger partial charge in [0.1, 0.15) is 42.6 Å². The first-order valence-corrected chi connectivity index (χ1v) is 18.6. The average Bonchev–Trinajstić information content (AvgIpc) is 3.67. The van der Waals surface area contributed by atoms with Gasteiger partial charge in [-0.3, -0.25) is 48.1 Å². The van der Waals surface area contributed by atoms with Gasteiger partial charge in [-0.15, -0.1) is 0 Å². The van der Waals surface area contributed by atoms with Crippen LogP contribution in [0.1, 0.15) is 72.1 Å². The van der Waals surface area contributed by atoms with Crippen molar-refractivity contribution in [3.8, 4) is 0 Å². The predicted molar refractivity (Wildman–Crippen MR) is 204 cm³/mol. The lowest BCUT2D eigenvalue weighted by molar-refractivity contribution is -0.140. The van der Waals surface area contributed by atoms with Gasteiger partial charge in [-0.1, -0.05) is 20.3 Å². The summed E-state index contributed by atoms with van der Waals surface area (Å²) in [6.45, 7) is 3.71. The lowest BCUT2D eigenvalue weighted by atomic mass is 9.98. The van der Waals surface area contributed by atoms with Crippen molar-refractivity contribution in [2.75, 3.05) is 13.2 Å². The summed E-state index contributed by atoms with van der Waals surface area (Å²) in [6, 6.07) is -11.4. The number of hydrogen-bond donors (Lipinski definition) is 13. The van der Waals surface area contributed by atoms with E-state index in [9.17, 15) is 58.5 Å². The number of amides is 7. The zero-order valence-electron chi connectivity index (χ0n) is 32.6. The highest BCUT2D eigenvalue weighted by atomic mass is 16.4. The Balaban J connectivity index is 3.31. The SMILES string of the molecule is CCC(C)C(NC(=O)C(CCC(=O)O)NC(=O)C(CO)NC(=O)C(CCCCN)NC(=O)C(CC1C=NC=N1)NC(=O)C(NC(=O)C(N)CC(=O)O)C(C)O)C(N)=O. The summed E-state index contributed by atoms with van der Waals surface area (Å²) in [5, 5.41) is 52.6. The largest absolute Gasteiger partial charge is 0.481 e. The van der Waals surface area contributed by atoms with E-state index in [1.54, 1.807) is 13.8 Å². The number of aliphatic hydroxyl groups is 2. The minimum Gasteiger partial charge on any atom is -0.481 e. The number of carboxylic acids is 2. The Labute approximate surface area is 334 Å². The average molecular weight is 828 g/mol. The summed E-state index contributed by atoms with van der Waals surface area (Å²) >= 11 is 0. The molecule has 1 rings (SSSR count). The van der Waals surface area contributed by atoms with Crippen LogP contribution >= 0.6 is 0 Å². The summed E-state index contributed by atoms with van der Waals surface area (Å²) in [5.41, 5.74) is 16.6. The molecule has 0 fully saturated rings. The fourth-order valence-electron chi connectivity index (χ4n) is 5.40. The van der Waals surface area contributed by atoms with Crippen LogP contribution in [0, 0.1) is 5.92 Å². The number of unbranched alkanes of at least 4 members (excludes halogenated alkanes) is 1. The van der Waals surface area contributed by atoms with E-state index in [0.717, 1.165) is 6.92 Å². The predicted octanol–water partition coefficient (Wildman–Crippen LogP) is -5.53. The molecule has 0 saturated heterocycles. The highest BCUT2D eigenvalue weighted by Crippen LogP contribution is 2.11. The number of carboxylic acid groups (broad SMARTS) is 2. The van der Waals surface area contributed by atoms with E-state index in [1.807, 2.05) is 0 Å². The Hall–Kier alpha value is -5.59. The summed E-state index contributed by atoms with van der Waals surface area (Å²) < 4.78 is 0. The van der Waals surface area contributed by atoms with Crippen molar-refractivity contribution in [1.29, 1.82) is 0 Å². The van der Waals surface area contributed by atoms with Crippen molar-refractivity contribution in [3.05, 3.63) is 0 Å². The topological polar surface area (TPSA) is 410 Å². The summed E-state index contributed by atoms with van der Waals surface area (Å²) in [4.78, 5) is 122. The van der Waals surface area contributed by atoms with Crippen molar-refractivity contribution in [2.24, 2.45) is 33.1 Å². The second-order valence-electron chi connectivity index (χ2n) is 13.7. The number of hydrogen-bond acceptors (Lipinski definition) is 15. The molecule has 0 aromatic carbocycles.